The molecule has 9 heteroatoms. The van der Waals surface area contributed by atoms with E-state index < -0.39 is 24.2 Å². The van der Waals surface area contributed by atoms with Crippen LogP contribution < -0.4 is 20.1 Å². The first-order valence-corrected chi connectivity index (χ1v) is 9.66. The molecule has 0 radical (unpaired) electrons. The highest BCUT2D eigenvalue weighted by atomic mass is 32.2. The van der Waals surface area contributed by atoms with Crippen LogP contribution in [0.2, 0.25) is 0 Å². The lowest BCUT2D eigenvalue weighted by molar-refractivity contribution is -0.129. The second-order valence-electron chi connectivity index (χ2n) is 6.56. The van der Waals surface area contributed by atoms with Crippen molar-refractivity contribution in [3.63, 3.8) is 0 Å². The third-order valence-corrected chi connectivity index (χ3v) is 6.10. The Kier molecular flexibility index (Phi) is 6.34. The fraction of sp³-hybridized carbons (Fsp3) is 0.474. The molecule has 0 saturated heterocycles. The van der Waals surface area contributed by atoms with Gasteiger partial charge in [0.25, 0.3) is 0 Å². The lowest BCUT2D eigenvalue weighted by Gasteiger charge is -2.37. The largest absolute Gasteiger partial charge is 0.497 e. The molecule has 1 amide bonds. The molecule has 1 aliphatic heterocycles. The molecule has 5 atom stereocenters. The van der Waals surface area contributed by atoms with Crippen molar-refractivity contribution in [1.29, 1.82) is 0 Å². The molecule has 28 heavy (non-hydrogen) atoms. The number of aliphatic imine (C=N–C) groups is 1. The maximum atomic E-state index is 12.5. The number of benzene rings is 1. The summed E-state index contributed by atoms with van der Waals surface area (Å²) in [6.45, 7) is 0.117. The SMILES string of the molecule is C#CCNC(=O)[C@H]1C[C@@H](O)[C@H](O)[C@H]2N=C(Nc3cc(OC)cc(OC)c3)S[C@@H]21. The quantitative estimate of drug-likeness (QED) is 0.526. The van der Waals surface area contributed by atoms with Gasteiger partial charge in [0.1, 0.15) is 17.6 Å². The van der Waals surface area contributed by atoms with Crippen molar-refractivity contribution in [2.75, 3.05) is 26.1 Å². The van der Waals surface area contributed by atoms with Crippen molar-refractivity contribution in [2.45, 2.75) is 29.9 Å². The van der Waals surface area contributed by atoms with E-state index in [9.17, 15) is 15.0 Å². The molecule has 2 aliphatic rings. The first-order valence-electron chi connectivity index (χ1n) is 8.78. The summed E-state index contributed by atoms with van der Waals surface area (Å²) in [5.74, 6) is 2.84. The molecule has 0 spiro atoms. The van der Waals surface area contributed by atoms with Crippen molar-refractivity contribution in [3.8, 4) is 23.8 Å². The monoisotopic (exact) mass is 405 g/mol. The fourth-order valence-corrected chi connectivity index (χ4v) is 4.76. The van der Waals surface area contributed by atoms with Crippen molar-refractivity contribution in [1.82, 2.24) is 5.32 Å². The van der Waals surface area contributed by atoms with E-state index in [1.165, 1.54) is 11.8 Å². The summed E-state index contributed by atoms with van der Waals surface area (Å²) in [5, 5.41) is 26.6. The fourth-order valence-electron chi connectivity index (χ4n) is 3.38. The number of carbonyl (C=O) groups excluding carboxylic acids is 1. The number of fused-ring (bicyclic) bond motifs is 1. The minimum absolute atomic E-state index is 0.117. The summed E-state index contributed by atoms with van der Waals surface area (Å²) < 4.78 is 10.5. The second kappa shape index (κ2) is 8.73. The van der Waals surface area contributed by atoms with Gasteiger partial charge in [0, 0.05) is 29.1 Å². The van der Waals surface area contributed by atoms with E-state index in [0.717, 1.165) is 0 Å². The number of terminal acetylenes is 1. The molecule has 4 N–H and O–H groups in total. The number of amidine groups is 1. The Morgan fingerprint density at radius 3 is 2.61 bits per heavy atom. The maximum Gasteiger partial charge on any atom is 0.225 e. The maximum absolute atomic E-state index is 12.5. The first kappa shape index (κ1) is 20.3. The Hall–Kier alpha value is -2.41. The lowest BCUT2D eigenvalue weighted by Crippen LogP contribution is -2.54. The summed E-state index contributed by atoms with van der Waals surface area (Å²) in [6, 6.07) is 4.73. The molecule has 1 aromatic carbocycles. The van der Waals surface area contributed by atoms with Gasteiger partial charge in [0.15, 0.2) is 5.17 Å². The van der Waals surface area contributed by atoms with Gasteiger partial charge in [-0.25, -0.2) is 0 Å². The molecule has 150 valence electrons. The first-order chi connectivity index (χ1) is 13.5. The summed E-state index contributed by atoms with van der Waals surface area (Å²) in [5.41, 5.74) is 0.699. The van der Waals surface area contributed by atoms with Crippen molar-refractivity contribution < 1.29 is 24.5 Å². The van der Waals surface area contributed by atoms with Crippen LogP contribution in [-0.4, -0.2) is 65.6 Å². The van der Waals surface area contributed by atoms with Crippen LogP contribution in [0.1, 0.15) is 6.42 Å². The number of aliphatic hydroxyl groups is 2. The van der Waals surface area contributed by atoms with E-state index in [0.29, 0.717) is 22.4 Å². The highest BCUT2D eigenvalue weighted by molar-refractivity contribution is 8.15. The van der Waals surface area contributed by atoms with Crippen molar-refractivity contribution >= 4 is 28.5 Å². The number of ether oxygens (including phenoxy) is 2. The van der Waals surface area contributed by atoms with Gasteiger partial charge in [0.05, 0.1) is 38.8 Å². The Balaban J connectivity index is 1.79. The lowest BCUT2D eigenvalue weighted by atomic mass is 9.81. The van der Waals surface area contributed by atoms with Gasteiger partial charge in [-0.2, -0.15) is 0 Å². The third-order valence-electron chi connectivity index (χ3n) is 4.79. The minimum atomic E-state index is -1.03. The number of thioether (sulfide) groups is 1. The molecule has 1 aromatic rings. The zero-order valence-electron chi connectivity index (χ0n) is 15.6. The number of anilines is 1. The van der Waals surface area contributed by atoms with E-state index in [-0.39, 0.29) is 24.1 Å². The molecule has 1 saturated carbocycles. The summed E-state index contributed by atoms with van der Waals surface area (Å²) >= 11 is 1.37. The zero-order chi connectivity index (χ0) is 20.3. The van der Waals surface area contributed by atoms with Gasteiger partial charge >= 0.3 is 0 Å². The molecule has 0 unspecified atom stereocenters. The number of amides is 1. The van der Waals surface area contributed by atoms with Crippen LogP contribution in [0.4, 0.5) is 5.69 Å². The molecule has 1 aliphatic carbocycles. The van der Waals surface area contributed by atoms with Crippen LogP contribution in [0.15, 0.2) is 23.2 Å². The van der Waals surface area contributed by atoms with Gasteiger partial charge in [-0.15, -0.1) is 6.42 Å². The second-order valence-corrected chi connectivity index (χ2v) is 7.72. The molecule has 3 rings (SSSR count). The number of hydrogen-bond donors (Lipinski definition) is 4. The van der Waals surface area contributed by atoms with E-state index in [1.807, 2.05) is 0 Å². The minimum Gasteiger partial charge on any atom is -0.497 e. The number of rotatable bonds is 5. The molecule has 8 nitrogen and oxygen atoms in total. The molecule has 0 bridgehead atoms. The van der Waals surface area contributed by atoms with Crippen molar-refractivity contribution in [3.05, 3.63) is 18.2 Å². The average Bonchev–Trinajstić information content (AvgIpc) is 3.12. The van der Waals surface area contributed by atoms with Crippen LogP contribution in [0.3, 0.4) is 0 Å². The zero-order valence-corrected chi connectivity index (χ0v) is 16.4. The topological polar surface area (TPSA) is 112 Å². The Morgan fingerprint density at radius 1 is 1.32 bits per heavy atom. The number of aliphatic hydroxyl groups excluding tert-OH is 2. The van der Waals surface area contributed by atoms with Gasteiger partial charge < -0.3 is 30.3 Å². The van der Waals surface area contributed by atoms with Crippen LogP contribution in [0.25, 0.3) is 0 Å². The van der Waals surface area contributed by atoms with E-state index in [4.69, 9.17) is 15.9 Å². The van der Waals surface area contributed by atoms with E-state index >= 15 is 0 Å². The Bertz CT molecular complexity index is 787. The number of nitrogens with zero attached hydrogens (tertiary/aromatic N) is 1. The summed E-state index contributed by atoms with van der Waals surface area (Å²) in [6.07, 6.45) is 3.30. The molecule has 1 heterocycles. The molecular weight excluding hydrogens is 382 g/mol. The van der Waals surface area contributed by atoms with Crippen LogP contribution >= 0.6 is 11.8 Å². The van der Waals surface area contributed by atoms with E-state index in [1.54, 1.807) is 32.4 Å². The average molecular weight is 405 g/mol. The van der Waals surface area contributed by atoms with Crippen LogP contribution in [0.5, 0.6) is 11.5 Å². The van der Waals surface area contributed by atoms with Gasteiger partial charge in [-0.05, 0) is 6.42 Å². The smallest absolute Gasteiger partial charge is 0.225 e. The highest BCUT2D eigenvalue weighted by Crippen LogP contribution is 2.41. The van der Waals surface area contributed by atoms with Gasteiger partial charge in [0.2, 0.25) is 5.91 Å². The number of nitrogens with one attached hydrogen (secondary N) is 2. The van der Waals surface area contributed by atoms with Crippen LogP contribution in [0, 0.1) is 18.3 Å². The standard InChI is InChI=1S/C19H23N3O5S/c1-4-5-20-18(25)13-9-14(23)16(24)15-17(13)28-19(22-15)21-10-6-11(26-2)8-12(7-10)27-3/h1,6-8,13-17,23-24H,5,9H2,2-3H3,(H,20,25)(H,21,22)/t13-,14+,15+,16-,17+/m0/s1. The number of hydrogen-bond acceptors (Lipinski definition) is 8. The third kappa shape index (κ3) is 4.19. The molecular formula is C19H23N3O5S. The molecule has 1 fully saturated rings. The Labute approximate surface area is 167 Å². The van der Waals surface area contributed by atoms with Crippen LogP contribution in [-0.2, 0) is 4.79 Å². The van der Waals surface area contributed by atoms with Gasteiger partial charge in [-0.3, -0.25) is 9.79 Å². The number of carbonyl (C=O) groups is 1. The summed E-state index contributed by atoms with van der Waals surface area (Å²) in [4.78, 5) is 17.0. The number of methoxy groups -OCH3 is 2. The van der Waals surface area contributed by atoms with Crippen molar-refractivity contribution in [2.24, 2.45) is 10.9 Å². The predicted molar refractivity (Wildman–Crippen MR) is 108 cm³/mol. The summed E-state index contributed by atoms with van der Waals surface area (Å²) in [7, 11) is 3.12. The molecule has 0 aromatic heterocycles. The van der Waals surface area contributed by atoms with E-state index in [2.05, 4.69) is 21.5 Å². The normalized spacial score (nSPS) is 28.5. The predicted octanol–water partition coefficient (Wildman–Crippen LogP) is 0.447. The highest BCUT2D eigenvalue weighted by Gasteiger charge is 2.50. The van der Waals surface area contributed by atoms with Gasteiger partial charge in [-0.1, -0.05) is 17.7 Å². The Morgan fingerprint density at radius 2 is 2.00 bits per heavy atom.